The molecule has 5 heteroatoms. The standard InChI is InChI=1S/C18H26Cl2N2O/c1-14(2)13-21-8-10-22(11-9-21)18(23)5-3-4-15-6-7-16(19)17(20)12-15/h6-7,12,14H,3-5,8-11,13H2,1-2H3. The Balaban J connectivity index is 1.70. The van der Waals surface area contributed by atoms with Crippen LogP contribution >= 0.6 is 23.2 Å². The van der Waals surface area contributed by atoms with Gasteiger partial charge in [0.15, 0.2) is 0 Å². The Kier molecular flexibility index (Phi) is 7.19. The maximum atomic E-state index is 12.3. The fourth-order valence-electron chi connectivity index (χ4n) is 2.99. The van der Waals surface area contributed by atoms with E-state index in [1.165, 1.54) is 0 Å². The summed E-state index contributed by atoms with van der Waals surface area (Å²) in [6.07, 6.45) is 2.31. The van der Waals surface area contributed by atoms with Gasteiger partial charge in [-0.2, -0.15) is 0 Å². The fraction of sp³-hybridized carbons (Fsp3) is 0.611. The van der Waals surface area contributed by atoms with Crippen molar-refractivity contribution in [3.05, 3.63) is 33.8 Å². The highest BCUT2D eigenvalue weighted by Crippen LogP contribution is 2.23. The third-order valence-corrected chi connectivity index (χ3v) is 4.93. The molecular weight excluding hydrogens is 331 g/mol. The van der Waals surface area contributed by atoms with E-state index in [4.69, 9.17) is 23.2 Å². The van der Waals surface area contributed by atoms with Crippen LogP contribution in [0.2, 0.25) is 10.0 Å². The van der Waals surface area contributed by atoms with E-state index < -0.39 is 0 Å². The molecule has 1 saturated heterocycles. The molecule has 3 nitrogen and oxygen atoms in total. The van der Waals surface area contributed by atoms with Gasteiger partial charge in [0.1, 0.15) is 0 Å². The van der Waals surface area contributed by atoms with Crippen molar-refractivity contribution in [1.29, 1.82) is 0 Å². The molecule has 128 valence electrons. The van der Waals surface area contributed by atoms with Crippen LogP contribution in [0.1, 0.15) is 32.3 Å². The van der Waals surface area contributed by atoms with Crippen molar-refractivity contribution < 1.29 is 4.79 Å². The van der Waals surface area contributed by atoms with Gasteiger partial charge in [-0.15, -0.1) is 0 Å². The summed E-state index contributed by atoms with van der Waals surface area (Å²) in [6, 6.07) is 5.68. The van der Waals surface area contributed by atoms with Crippen molar-refractivity contribution in [1.82, 2.24) is 9.80 Å². The monoisotopic (exact) mass is 356 g/mol. The van der Waals surface area contributed by atoms with E-state index in [0.29, 0.717) is 22.4 Å². The number of nitrogens with zero attached hydrogens (tertiary/aromatic N) is 2. The average molecular weight is 357 g/mol. The molecule has 0 saturated carbocycles. The molecular formula is C18H26Cl2N2O. The van der Waals surface area contributed by atoms with E-state index in [1.54, 1.807) is 0 Å². The van der Waals surface area contributed by atoms with Gasteiger partial charge in [-0.3, -0.25) is 9.69 Å². The van der Waals surface area contributed by atoms with Crippen LogP contribution in [-0.4, -0.2) is 48.4 Å². The minimum atomic E-state index is 0.272. The Bertz CT molecular complexity index is 526. The van der Waals surface area contributed by atoms with Gasteiger partial charge in [0.2, 0.25) is 5.91 Å². The van der Waals surface area contributed by atoms with E-state index in [-0.39, 0.29) is 5.91 Å². The quantitative estimate of drug-likeness (QED) is 0.765. The number of amides is 1. The van der Waals surface area contributed by atoms with Crippen molar-refractivity contribution in [2.75, 3.05) is 32.7 Å². The van der Waals surface area contributed by atoms with E-state index in [9.17, 15) is 4.79 Å². The summed E-state index contributed by atoms with van der Waals surface area (Å²) in [4.78, 5) is 16.8. The minimum absolute atomic E-state index is 0.272. The number of halogens is 2. The van der Waals surface area contributed by atoms with Gasteiger partial charge in [-0.25, -0.2) is 0 Å². The highest BCUT2D eigenvalue weighted by atomic mass is 35.5. The second kappa shape index (κ2) is 8.91. The van der Waals surface area contributed by atoms with Crippen LogP contribution in [-0.2, 0) is 11.2 Å². The molecule has 0 spiro atoms. The summed E-state index contributed by atoms with van der Waals surface area (Å²) in [5.74, 6) is 0.956. The first kappa shape index (κ1) is 18.6. The maximum absolute atomic E-state index is 12.3. The Morgan fingerprint density at radius 3 is 2.43 bits per heavy atom. The Hall–Kier alpha value is -0.770. The first-order chi connectivity index (χ1) is 11.0. The molecule has 1 amide bonds. The molecule has 0 unspecified atom stereocenters. The summed E-state index contributed by atoms with van der Waals surface area (Å²) in [7, 11) is 0. The van der Waals surface area contributed by atoms with Crippen LogP contribution in [0.25, 0.3) is 0 Å². The van der Waals surface area contributed by atoms with Gasteiger partial charge in [0.25, 0.3) is 0 Å². The number of carbonyl (C=O) groups is 1. The first-order valence-electron chi connectivity index (χ1n) is 8.39. The second-order valence-electron chi connectivity index (χ2n) is 6.68. The van der Waals surface area contributed by atoms with Crippen molar-refractivity contribution in [3.63, 3.8) is 0 Å². The first-order valence-corrected chi connectivity index (χ1v) is 9.15. The third kappa shape index (κ3) is 5.98. The van der Waals surface area contributed by atoms with Gasteiger partial charge >= 0.3 is 0 Å². The Morgan fingerprint density at radius 1 is 1.13 bits per heavy atom. The summed E-state index contributed by atoms with van der Waals surface area (Å²) < 4.78 is 0. The smallest absolute Gasteiger partial charge is 0.222 e. The average Bonchev–Trinajstić information content (AvgIpc) is 2.51. The summed E-state index contributed by atoms with van der Waals surface area (Å²) in [5.41, 5.74) is 1.13. The number of piperazine rings is 1. The number of rotatable bonds is 6. The van der Waals surface area contributed by atoms with Gasteiger partial charge in [-0.1, -0.05) is 43.1 Å². The number of hydrogen-bond donors (Lipinski definition) is 0. The van der Waals surface area contributed by atoms with Crippen molar-refractivity contribution in [2.24, 2.45) is 5.92 Å². The number of hydrogen-bond acceptors (Lipinski definition) is 2. The van der Waals surface area contributed by atoms with Crippen molar-refractivity contribution in [3.8, 4) is 0 Å². The fourth-order valence-corrected chi connectivity index (χ4v) is 3.31. The van der Waals surface area contributed by atoms with Gasteiger partial charge in [0, 0.05) is 39.1 Å². The van der Waals surface area contributed by atoms with E-state index in [2.05, 4.69) is 18.7 Å². The van der Waals surface area contributed by atoms with Crippen molar-refractivity contribution >= 4 is 29.1 Å². The molecule has 0 aromatic heterocycles. The van der Waals surface area contributed by atoms with Crippen LogP contribution in [0.4, 0.5) is 0 Å². The molecule has 2 rings (SSSR count). The molecule has 23 heavy (non-hydrogen) atoms. The SMILES string of the molecule is CC(C)CN1CCN(C(=O)CCCc2ccc(Cl)c(Cl)c2)CC1. The Labute approximate surface area is 149 Å². The minimum Gasteiger partial charge on any atom is -0.340 e. The normalized spacial score (nSPS) is 16.1. The molecule has 0 radical (unpaired) electrons. The highest BCUT2D eigenvalue weighted by Gasteiger charge is 2.20. The highest BCUT2D eigenvalue weighted by molar-refractivity contribution is 6.42. The molecule has 1 aromatic rings. The van der Waals surface area contributed by atoms with E-state index in [0.717, 1.165) is 51.1 Å². The molecule has 0 atom stereocenters. The lowest BCUT2D eigenvalue weighted by Gasteiger charge is -2.35. The molecule has 0 aliphatic carbocycles. The van der Waals surface area contributed by atoms with Crippen LogP contribution in [0.15, 0.2) is 18.2 Å². The number of carbonyl (C=O) groups excluding carboxylic acids is 1. The molecule has 0 N–H and O–H groups in total. The predicted octanol–water partition coefficient (Wildman–Crippen LogP) is 4.12. The van der Waals surface area contributed by atoms with E-state index >= 15 is 0 Å². The largest absolute Gasteiger partial charge is 0.340 e. The Morgan fingerprint density at radius 2 is 1.83 bits per heavy atom. The lowest BCUT2D eigenvalue weighted by atomic mass is 10.1. The molecule has 1 aliphatic heterocycles. The maximum Gasteiger partial charge on any atom is 0.222 e. The van der Waals surface area contributed by atoms with Crippen molar-refractivity contribution in [2.45, 2.75) is 33.1 Å². The lowest BCUT2D eigenvalue weighted by Crippen LogP contribution is -2.49. The number of aryl methyl sites for hydroxylation is 1. The molecule has 0 bridgehead atoms. The molecule has 1 heterocycles. The second-order valence-corrected chi connectivity index (χ2v) is 7.49. The van der Waals surface area contributed by atoms with Gasteiger partial charge in [-0.05, 0) is 36.5 Å². The van der Waals surface area contributed by atoms with Crippen LogP contribution < -0.4 is 0 Å². The van der Waals surface area contributed by atoms with Crippen LogP contribution in [0.3, 0.4) is 0 Å². The van der Waals surface area contributed by atoms with Crippen LogP contribution in [0, 0.1) is 5.92 Å². The predicted molar refractivity (Wildman–Crippen MR) is 97.3 cm³/mol. The molecule has 1 aliphatic rings. The zero-order valence-corrected chi connectivity index (χ0v) is 15.5. The van der Waals surface area contributed by atoms with Gasteiger partial charge < -0.3 is 4.90 Å². The summed E-state index contributed by atoms with van der Waals surface area (Å²) in [6.45, 7) is 9.31. The van der Waals surface area contributed by atoms with E-state index in [1.807, 2.05) is 23.1 Å². The molecule has 1 fully saturated rings. The topological polar surface area (TPSA) is 23.6 Å². The molecule has 1 aromatic carbocycles. The lowest BCUT2D eigenvalue weighted by molar-refractivity contribution is -0.133. The third-order valence-electron chi connectivity index (χ3n) is 4.19. The van der Waals surface area contributed by atoms with Crippen LogP contribution in [0.5, 0.6) is 0 Å². The zero-order valence-electron chi connectivity index (χ0n) is 14.0. The number of benzene rings is 1. The van der Waals surface area contributed by atoms with Gasteiger partial charge in [0.05, 0.1) is 10.0 Å². The summed E-state index contributed by atoms with van der Waals surface area (Å²) in [5, 5.41) is 1.16. The zero-order chi connectivity index (χ0) is 16.8. The summed E-state index contributed by atoms with van der Waals surface area (Å²) >= 11 is 11.9.